The third-order valence-electron chi connectivity index (χ3n) is 3.57. The molecule has 0 radical (unpaired) electrons. The normalized spacial score (nSPS) is 12.2. The molecule has 0 aliphatic carbocycles. The van der Waals surface area contributed by atoms with Crippen LogP contribution in [0, 0.1) is 0 Å². The number of hydrogen-bond donors (Lipinski definition) is 4. The Morgan fingerprint density at radius 2 is 2.09 bits per heavy atom. The van der Waals surface area contributed by atoms with Gasteiger partial charge in [0, 0.05) is 22.3 Å². The number of fused-ring (bicyclic) bond motifs is 1. The van der Waals surface area contributed by atoms with Crippen LogP contribution in [0.25, 0.3) is 16.9 Å². The quantitative estimate of drug-likeness (QED) is 0.219. The van der Waals surface area contributed by atoms with Gasteiger partial charge in [-0.15, -0.1) is 5.10 Å². The van der Waals surface area contributed by atoms with E-state index in [0.29, 0.717) is 0 Å². The van der Waals surface area contributed by atoms with Crippen LogP contribution >= 0.6 is 0 Å². The Bertz CT molecular complexity index is 879. The van der Waals surface area contributed by atoms with Crippen LogP contribution in [0.4, 0.5) is 0 Å². The number of benzene rings is 1. The van der Waals surface area contributed by atoms with Crippen LogP contribution in [-0.2, 0) is 7.05 Å². The van der Waals surface area contributed by atoms with Gasteiger partial charge in [0.1, 0.15) is 6.20 Å². The van der Waals surface area contributed by atoms with Gasteiger partial charge in [-0.25, -0.2) is 14.4 Å². The summed E-state index contributed by atoms with van der Waals surface area (Å²) in [6, 6.07) is 14.1. The predicted octanol–water partition coefficient (Wildman–Crippen LogP) is -0.861. The Balaban J connectivity index is 1.88. The van der Waals surface area contributed by atoms with Gasteiger partial charge in [-0.2, -0.15) is 0 Å². The summed E-state index contributed by atoms with van der Waals surface area (Å²) >= 11 is 0. The largest absolute Gasteiger partial charge is 0.363 e. The number of nitrogens with one attached hydrogen (secondary N) is 2. The second-order valence-electron chi connectivity index (χ2n) is 5.04. The second kappa shape index (κ2) is 6.29. The van der Waals surface area contributed by atoms with Gasteiger partial charge >= 0.3 is 0 Å². The van der Waals surface area contributed by atoms with E-state index in [1.165, 1.54) is 0 Å². The van der Waals surface area contributed by atoms with Crippen molar-refractivity contribution in [3.05, 3.63) is 60.4 Å². The maximum atomic E-state index is 8.52. The van der Waals surface area contributed by atoms with Crippen molar-refractivity contribution in [1.29, 1.82) is 0 Å². The van der Waals surface area contributed by atoms with Crippen molar-refractivity contribution in [3.63, 3.8) is 0 Å². The minimum Gasteiger partial charge on any atom is -0.363 e. The molecule has 0 fully saturated rings. The van der Waals surface area contributed by atoms with E-state index < -0.39 is 0 Å². The Kier molecular flexibility index (Phi) is 4.03. The fraction of sp³-hybridized carbons (Fsp3) is 0.0625. The smallest absolute Gasteiger partial charge is 0.286 e. The molecule has 0 saturated heterocycles. The summed E-state index contributed by atoms with van der Waals surface area (Å²) in [7, 11) is 2.05. The van der Waals surface area contributed by atoms with Crippen LogP contribution in [0.2, 0.25) is 0 Å². The number of imidazole rings is 1. The zero-order chi connectivity index (χ0) is 16.2. The number of hydrazone groups is 1. The first-order valence-corrected chi connectivity index (χ1v) is 7.07. The van der Waals surface area contributed by atoms with Gasteiger partial charge in [-0.3, -0.25) is 5.21 Å². The Morgan fingerprint density at radius 3 is 2.78 bits per heavy atom. The van der Waals surface area contributed by atoms with Crippen molar-refractivity contribution in [1.82, 2.24) is 10.0 Å². The highest BCUT2D eigenvalue weighted by Crippen LogP contribution is 2.19. The SMILES string of the molecule is Cn1c(-c2ccc(/C=[NH+]\N=C(N)NO)cc2)c[n+]2ccccc12. The zero-order valence-electron chi connectivity index (χ0n) is 12.6. The number of aryl methyl sites for hydroxylation is 1. The van der Waals surface area contributed by atoms with Crippen molar-refractivity contribution in [2.24, 2.45) is 17.9 Å². The first-order valence-electron chi connectivity index (χ1n) is 7.07. The highest BCUT2D eigenvalue weighted by Gasteiger charge is 2.14. The first kappa shape index (κ1) is 14.7. The topological polar surface area (TPSA) is 93.6 Å². The summed E-state index contributed by atoms with van der Waals surface area (Å²) in [5.74, 6) is -0.106. The fourth-order valence-corrected chi connectivity index (χ4v) is 2.40. The van der Waals surface area contributed by atoms with Crippen LogP contribution in [0.15, 0.2) is 60.0 Å². The molecule has 3 rings (SSSR count). The number of nitrogens with two attached hydrogens (primary N) is 1. The molecular weight excluding hydrogens is 292 g/mol. The molecule has 7 heteroatoms. The maximum absolute atomic E-state index is 8.52. The molecule has 0 bridgehead atoms. The lowest BCUT2D eigenvalue weighted by Crippen LogP contribution is -2.64. The van der Waals surface area contributed by atoms with E-state index in [2.05, 4.69) is 31.4 Å². The van der Waals surface area contributed by atoms with Gasteiger partial charge < -0.3 is 5.73 Å². The van der Waals surface area contributed by atoms with E-state index in [1.807, 2.05) is 49.6 Å². The summed E-state index contributed by atoms with van der Waals surface area (Å²) in [5, 5.41) is 14.8. The van der Waals surface area contributed by atoms with Crippen LogP contribution in [0.1, 0.15) is 5.56 Å². The molecule has 0 aliphatic heterocycles. The lowest BCUT2D eigenvalue weighted by atomic mass is 10.1. The van der Waals surface area contributed by atoms with Crippen molar-refractivity contribution in [2.45, 2.75) is 0 Å². The third-order valence-corrected chi connectivity index (χ3v) is 3.57. The minimum atomic E-state index is -0.106. The molecule has 7 nitrogen and oxygen atoms in total. The lowest BCUT2D eigenvalue weighted by Gasteiger charge is -1.97. The highest BCUT2D eigenvalue weighted by atomic mass is 16.5. The van der Waals surface area contributed by atoms with E-state index in [0.717, 1.165) is 22.5 Å². The van der Waals surface area contributed by atoms with Crippen LogP contribution in [0.5, 0.6) is 0 Å². The number of nitrogens with zero attached hydrogens (tertiary/aromatic N) is 3. The van der Waals surface area contributed by atoms with E-state index in [1.54, 1.807) is 11.7 Å². The fourth-order valence-electron chi connectivity index (χ4n) is 2.40. The molecule has 2 heterocycles. The lowest BCUT2D eigenvalue weighted by molar-refractivity contribution is -0.510. The molecule has 5 N–H and O–H groups in total. The van der Waals surface area contributed by atoms with Gasteiger partial charge in [0.25, 0.3) is 11.6 Å². The number of aromatic nitrogens is 2. The average molecular weight is 310 g/mol. The first-order chi connectivity index (χ1) is 11.2. The summed E-state index contributed by atoms with van der Waals surface area (Å²) in [6.45, 7) is 0. The van der Waals surface area contributed by atoms with Gasteiger partial charge in [-0.05, 0) is 30.3 Å². The molecule has 0 unspecified atom stereocenters. The van der Waals surface area contributed by atoms with Crippen molar-refractivity contribution < 1.29 is 14.7 Å². The molecule has 2 aromatic heterocycles. The molecule has 116 valence electrons. The second-order valence-corrected chi connectivity index (χ2v) is 5.04. The van der Waals surface area contributed by atoms with Crippen molar-refractivity contribution in [2.75, 3.05) is 0 Å². The van der Waals surface area contributed by atoms with Gasteiger partial charge in [0.05, 0.1) is 13.2 Å². The molecule has 23 heavy (non-hydrogen) atoms. The number of hydroxylamine groups is 1. The maximum Gasteiger partial charge on any atom is 0.286 e. The van der Waals surface area contributed by atoms with Gasteiger partial charge in [-0.1, -0.05) is 6.07 Å². The Morgan fingerprint density at radius 1 is 1.30 bits per heavy atom. The summed E-state index contributed by atoms with van der Waals surface area (Å²) < 4.78 is 4.24. The number of rotatable bonds is 3. The van der Waals surface area contributed by atoms with Gasteiger partial charge in [0.2, 0.25) is 6.21 Å². The van der Waals surface area contributed by atoms with E-state index in [4.69, 9.17) is 10.9 Å². The van der Waals surface area contributed by atoms with Crippen LogP contribution in [0.3, 0.4) is 0 Å². The standard InChI is InChI=1S/C16H17N6O/c1-21-14(11-22-9-3-2-4-15(21)22)13-7-5-12(6-8-13)10-18-19-16(17)20-23/h2-11,23H,1H3,(H3,17,19,20)/q+1/p+1/b18-10-. The number of pyridine rings is 1. The summed E-state index contributed by atoms with van der Waals surface area (Å²) in [6.07, 6.45) is 5.82. The molecule has 0 amide bonds. The van der Waals surface area contributed by atoms with E-state index >= 15 is 0 Å². The number of guanidine groups is 1. The summed E-state index contributed by atoms with van der Waals surface area (Å²) in [4.78, 5) is 0. The zero-order valence-corrected chi connectivity index (χ0v) is 12.6. The highest BCUT2D eigenvalue weighted by molar-refractivity contribution is 5.78. The van der Waals surface area contributed by atoms with E-state index in [-0.39, 0.29) is 5.96 Å². The van der Waals surface area contributed by atoms with Crippen molar-refractivity contribution >= 4 is 17.8 Å². The van der Waals surface area contributed by atoms with Crippen LogP contribution < -0.4 is 20.7 Å². The molecule has 0 atom stereocenters. The van der Waals surface area contributed by atoms with E-state index in [9.17, 15) is 0 Å². The minimum absolute atomic E-state index is 0.106. The predicted molar refractivity (Wildman–Crippen MR) is 86.7 cm³/mol. The van der Waals surface area contributed by atoms with Crippen molar-refractivity contribution in [3.8, 4) is 11.3 Å². The Hall–Kier alpha value is -3.19. The molecular formula is C16H18N6O+2. The third kappa shape index (κ3) is 3.04. The van der Waals surface area contributed by atoms with Crippen LogP contribution in [-0.4, -0.2) is 21.9 Å². The molecule has 0 aliphatic rings. The summed E-state index contributed by atoms with van der Waals surface area (Å²) in [5.41, 5.74) is 11.3. The molecule has 0 spiro atoms. The molecule has 0 saturated carbocycles. The molecule has 3 aromatic rings. The monoisotopic (exact) mass is 310 g/mol. The Labute approximate surface area is 133 Å². The van der Waals surface area contributed by atoms with Gasteiger partial charge in [0.15, 0.2) is 5.69 Å². The average Bonchev–Trinajstić information content (AvgIpc) is 2.93. The molecule has 1 aromatic carbocycles. The number of hydrogen-bond acceptors (Lipinski definition) is 2.